The highest BCUT2D eigenvalue weighted by Gasteiger charge is 2.27. The first-order valence-corrected chi connectivity index (χ1v) is 7.69. The van der Waals surface area contributed by atoms with E-state index in [1.165, 1.54) is 17.3 Å². The van der Waals surface area contributed by atoms with Crippen LogP contribution in [-0.2, 0) is 4.79 Å². The number of Topliss-reactive ketones (excluding diaryl/α,β-unsaturated/α-hetero) is 1. The quantitative estimate of drug-likeness (QED) is 0.833. The van der Waals surface area contributed by atoms with Crippen molar-refractivity contribution in [3.63, 3.8) is 0 Å². The summed E-state index contributed by atoms with van der Waals surface area (Å²) in [5.41, 5.74) is 3.41. The lowest BCUT2D eigenvalue weighted by Gasteiger charge is -2.24. The fourth-order valence-electron chi connectivity index (χ4n) is 3.01. The Balaban J connectivity index is 1.85. The van der Waals surface area contributed by atoms with Crippen molar-refractivity contribution in [1.29, 1.82) is 0 Å². The summed E-state index contributed by atoms with van der Waals surface area (Å²) in [7, 11) is 2.14. The van der Waals surface area contributed by atoms with E-state index in [2.05, 4.69) is 26.8 Å². The van der Waals surface area contributed by atoms with Crippen LogP contribution in [0.2, 0.25) is 0 Å². The van der Waals surface area contributed by atoms with Crippen LogP contribution < -0.4 is 0 Å². The smallest absolute Gasteiger partial charge is 0.133 e. The molecule has 1 saturated carbocycles. The third-order valence-corrected chi connectivity index (χ3v) is 4.57. The van der Waals surface area contributed by atoms with E-state index in [4.69, 9.17) is 0 Å². The van der Waals surface area contributed by atoms with Crippen LogP contribution >= 0.6 is 11.7 Å². The van der Waals surface area contributed by atoms with Crippen LogP contribution in [-0.4, -0.2) is 39.6 Å². The highest BCUT2D eigenvalue weighted by atomic mass is 32.1. The lowest BCUT2D eigenvalue weighted by Crippen LogP contribution is -2.25. The first-order valence-electron chi connectivity index (χ1n) is 6.96. The third-order valence-electron chi connectivity index (χ3n) is 4.03. The zero-order valence-corrected chi connectivity index (χ0v) is 12.1. The first kappa shape index (κ1) is 12.9. The molecule has 1 aliphatic carbocycles. The zero-order chi connectivity index (χ0) is 13.2. The number of rotatable bonds is 2. The number of hydrogen-bond acceptors (Lipinski definition) is 5. The van der Waals surface area contributed by atoms with Crippen molar-refractivity contribution in [2.45, 2.75) is 38.0 Å². The molecule has 1 aromatic rings. The minimum Gasteiger partial charge on any atom is -0.302 e. The van der Waals surface area contributed by atoms with E-state index < -0.39 is 0 Å². The minimum absolute atomic E-state index is 0.295. The van der Waals surface area contributed by atoms with Crippen molar-refractivity contribution in [2.24, 2.45) is 0 Å². The molecular weight excluding hydrogens is 258 g/mol. The van der Waals surface area contributed by atoms with Gasteiger partial charge in [0.1, 0.15) is 11.5 Å². The maximum atomic E-state index is 11.6. The summed E-state index contributed by atoms with van der Waals surface area (Å²) in [6.07, 6.45) is 6.83. The van der Waals surface area contributed by atoms with Crippen LogP contribution in [0.4, 0.5) is 0 Å². The summed E-state index contributed by atoms with van der Waals surface area (Å²) >= 11 is 1.29. The van der Waals surface area contributed by atoms with Gasteiger partial charge in [-0.15, -0.1) is 0 Å². The van der Waals surface area contributed by atoms with E-state index in [1.54, 1.807) is 0 Å². The molecule has 2 heterocycles. The molecule has 2 aliphatic rings. The molecule has 0 radical (unpaired) electrons. The average molecular weight is 277 g/mol. The molecule has 0 aromatic carbocycles. The van der Waals surface area contributed by atoms with E-state index in [0.717, 1.165) is 50.2 Å². The van der Waals surface area contributed by atoms with Gasteiger partial charge in [0.05, 0.1) is 17.4 Å². The van der Waals surface area contributed by atoms with Gasteiger partial charge >= 0.3 is 0 Å². The van der Waals surface area contributed by atoms with Crippen molar-refractivity contribution in [2.75, 3.05) is 20.1 Å². The van der Waals surface area contributed by atoms with Crippen molar-refractivity contribution < 1.29 is 4.79 Å². The van der Waals surface area contributed by atoms with Crippen LogP contribution in [0.1, 0.15) is 49.4 Å². The van der Waals surface area contributed by atoms with Gasteiger partial charge in [0.25, 0.3) is 0 Å². The molecule has 1 fully saturated rings. The molecular formula is C14H19N3OS. The van der Waals surface area contributed by atoms with Crippen molar-refractivity contribution in [3.05, 3.63) is 17.5 Å². The monoisotopic (exact) mass is 277 g/mol. The predicted octanol–water partition coefficient (Wildman–Crippen LogP) is 2.48. The Morgan fingerprint density at radius 3 is 3.11 bits per heavy atom. The van der Waals surface area contributed by atoms with Gasteiger partial charge in [-0.2, -0.15) is 8.75 Å². The highest BCUT2D eigenvalue weighted by molar-refractivity contribution is 6.99. The summed E-state index contributed by atoms with van der Waals surface area (Å²) in [4.78, 5) is 14.0. The third kappa shape index (κ3) is 2.77. The molecule has 1 aliphatic heterocycles. The largest absolute Gasteiger partial charge is 0.302 e. The molecule has 1 unspecified atom stereocenters. The zero-order valence-electron chi connectivity index (χ0n) is 11.3. The summed E-state index contributed by atoms with van der Waals surface area (Å²) in [5, 5.41) is 0. The Kier molecular flexibility index (Phi) is 3.75. The molecule has 4 nitrogen and oxygen atoms in total. The Bertz CT molecular complexity index is 509. The van der Waals surface area contributed by atoms with Crippen molar-refractivity contribution in [1.82, 2.24) is 13.6 Å². The van der Waals surface area contributed by atoms with E-state index in [-0.39, 0.29) is 0 Å². The fourth-order valence-corrected chi connectivity index (χ4v) is 3.67. The van der Waals surface area contributed by atoms with E-state index in [0.29, 0.717) is 18.1 Å². The second-order valence-corrected chi connectivity index (χ2v) is 6.11. The topological polar surface area (TPSA) is 46.1 Å². The van der Waals surface area contributed by atoms with E-state index >= 15 is 0 Å². The summed E-state index contributed by atoms with van der Waals surface area (Å²) in [5.74, 6) is 0.674. The summed E-state index contributed by atoms with van der Waals surface area (Å²) in [6, 6.07) is 0. The van der Waals surface area contributed by atoms with E-state index in [9.17, 15) is 4.79 Å². The SMILES string of the molecule is CN1CCC=C(c2nsnc2C2CCCC(=O)C2)C1. The summed E-state index contributed by atoms with van der Waals surface area (Å²) < 4.78 is 8.99. The Labute approximate surface area is 117 Å². The molecule has 5 heteroatoms. The van der Waals surface area contributed by atoms with Gasteiger partial charge in [0.2, 0.25) is 0 Å². The summed E-state index contributed by atoms with van der Waals surface area (Å²) in [6.45, 7) is 2.05. The number of aromatic nitrogens is 2. The van der Waals surface area contributed by atoms with Crippen LogP contribution in [0, 0.1) is 0 Å². The number of hydrogen-bond donors (Lipinski definition) is 0. The van der Waals surface area contributed by atoms with Crippen LogP contribution in [0.5, 0.6) is 0 Å². The Hall–Kier alpha value is -1.07. The molecule has 1 aromatic heterocycles. The molecule has 0 spiro atoms. The molecule has 3 rings (SSSR count). The van der Waals surface area contributed by atoms with Gasteiger partial charge in [-0.25, -0.2) is 0 Å². The Morgan fingerprint density at radius 1 is 1.42 bits per heavy atom. The fraction of sp³-hybridized carbons (Fsp3) is 0.643. The van der Waals surface area contributed by atoms with Gasteiger partial charge in [-0.1, -0.05) is 6.08 Å². The number of carbonyl (C=O) groups is 1. The van der Waals surface area contributed by atoms with Crippen molar-refractivity contribution in [3.8, 4) is 0 Å². The first-order chi connectivity index (χ1) is 9.24. The molecule has 0 saturated heterocycles. The second kappa shape index (κ2) is 5.51. The molecule has 102 valence electrons. The molecule has 0 bridgehead atoms. The van der Waals surface area contributed by atoms with Gasteiger partial charge in [0.15, 0.2) is 0 Å². The number of carbonyl (C=O) groups excluding carboxylic acids is 1. The average Bonchev–Trinajstić information content (AvgIpc) is 2.88. The maximum absolute atomic E-state index is 11.6. The normalized spacial score (nSPS) is 25.4. The number of nitrogens with zero attached hydrogens (tertiary/aromatic N) is 3. The van der Waals surface area contributed by atoms with Crippen LogP contribution in [0.3, 0.4) is 0 Å². The lowest BCUT2D eigenvalue weighted by atomic mass is 9.84. The van der Waals surface area contributed by atoms with Gasteiger partial charge < -0.3 is 4.90 Å². The predicted molar refractivity (Wildman–Crippen MR) is 76.2 cm³/mol. The van der Waals surface area contributed by atoms with Gasteiger partial charge in [0, 0.05) is 31.8 Å². The lowest BCUT2D eigenvalue weighted by molar-refractivity contribution is -0.120. The van der Waals surface area contributed by atoms with Gasteiger partial charge in [-0.05, 0) is 31.9 Å². The standard InChI is InChI=1S/C14H19N3OS/c1-17-7-3-5-11(9-17)14-13(15-19-16-14)10-4-2-6-12(18)8-10/h5,10H,2-4,6-9H2,1H3. The van der Waals surface area contributed by atoms with Crippen LogP contribution in [0.15, 0.2) is 6.08 Å². The van der Waals surface area contributed by atoms with Crippen molar-refractivity contribution >= 4 is 23.1 Å². The molecule has 19 heavy (non-hydrogen) atoms. The highest BCUT2D eigenvalue weighted by Crippen LogP contribution is 2.34. The molecule has 0 amide bonds. The maximum Gasteiger partial charge on any atom is 0.133 e. The minimum atomic E-state index is 0.295. The van der Waals surface area contributed by atoms with Gasteiger partial charge in [-0.3, -0.25) is 4.79 Å². The Morgan fingerprint density at radius 2 is 2.32 bits per heavy atom. The number of likely N-dealkylation sites (N-methyl/N-ethyl adjacent to an activating group) is 1. The second-order valence-electron chi connectivity index (χ2n) is 5.59. The van der Waals surface area contributed by atoms with E-state index in [1.807, 2.05) is 0 Å². The van der Waals surface area contributed by atoms with Crippen LogP contribution in [0.25, 0.3) is 5.57 Å². The molecule has 1 atom stereocenters. The molecule has 0 N–H and O–H groups in total. The number of ketones is 1.